The van der Waals surface area contributed by atoms with Crippen molar-refractivity contribution >= 4 is 39.3 Å². The molecule has 0 fully saturated rings. The fourth-order valence-corrected chi connectivity index (χ4v) is 2.95. The summed E-state index contributed by atoms with van der Waals surface area (Å²) in [5.41, 5.74) is 1.24. The highest BCUT2D eigenvalue weighted by Gasteiger charge is 2.02. The molecule has 14 heavy (non-hydrogen) atoms. The highest BCUT2D eigenvalue weighted by molar-refractivity contribution is 9.09. The lowest BCUT2D eigenvalue weighted by atomic mass is 10.2. The molecule has 1 aromatic carbocycles. The van der Waals surface area contributed by atoms with Gasteiger partial charge >= 0.3 is 0 Å². The largest absolute Gasteiger partial charge is 0.157 e. The number of alkyl halides is 1. The highest BCUT2D eigenvalue weighted by Crippen LogP contribution is 2.22. The van der Waals surface area contributed by atoms with E-state index in [1.54, 1.807) is 0 Å². The van der Waals surface area contributed by atoms with Gasteiger partial charge in [0.05, 0.1) is 0 Å². The first kappa shape index (κ1) is 12.4. The van der Waals surface area contributed by atoms with Gasteiger partial charge in [-0.2, -0.15) is 11.8 Å². The van der Waals surface area contributed by atoms with E-state index < -0.39 is 0 Å². The summed E-state index contributed by atoms with van der Waals surface area (Å²) in [6.07, 6.45) is 0. The lowest BCUT2D eigenvalue weighted by Crippen LogP contribution is -1.99. The Hall–Kier alpha value is 0.340. The highest BCUT2D eigenvalue weighted by atomic mass is 79.9. The first-order valence-corrected chi connectivity index (χ1v) is 7.26. The van der Waals surface area contributed by atoms with Gasteiger partial charge in [-0.05, 0) is 23.3 Å². The van der Waals surface area contributed by atoms with Crippen LogP contribution in [0, 0.1) is 5.92 Å². The van der Waals surface area contributed by atoms with Crippen LogP contribution >= 0.6 is 39.3 Å². The van der Waals surface area contributed by atoms with Crippen LogP contribution < -0.4 is 0 Å². The summed E-state index contributed by atoms with van der Waals surface area (Å²) in [5.74, 6) is 2.91. The SMILES string of the molecule is CC(CBr)CSCc1ccccc1Cl. The van der Waals surface area contributed by atoms with Gasteiger partial charge in [-0.1, -0.05) is 52.7 Å². The average Bonchev–Trinajstić information content (AvgIpc) is 2.20. The Kier molecular flexibility index (Phi) is 5.99. The van der Waals surface area contributed by atoms with E-state index in [0.29, 0.717) is 0 Å². The molecule has 0 spiro atoms. The lowest BCUT2D eigenvalue weighted by molar-refractivity contribution is 0.770. The zero-order chi connectivity index (χ0) is 10.4. The molecule has 0 heterocycles. The normalized spacial score (nSPS) is 12.8. The quantitative estimate of drug-likeness (QED) is 0.715. The van der Waals surface area contributed by atoms with E-state index in [4.69, 9.17) is 11.6 Å². The van der Waals surface area contributed by atoms with E-state index in [1.807, 2.05) is 30.0 Å². The zero-order valence-corrected chi connectivity index (χ0v) is 11.3. The standard InChI is InChI=1S/C11H14BrClS/c1-9(6-12)7-14-8-10-4-2-3-5-11(10)13/h2-5,9H,6-8H2,1H3. The third-order valence-electron chi connectivity index (χ3n) is 1.88. The Bertz CT molecular complexity index is 278. The number of hydrogen-bond donors (Lipinski definition) is 0. The van der Waals surface area contributed by atoms with Crippen molar-refractivity contribution in [2.45, 2.75) is 12.7 Å². The van der Waals surface area contributed by atoms with Crippen molar-refractivity contribution in [2.24, 2.45) is 5.92 Å². The van der Waals surface area contributed by atoms with Crippen LogP contribution in [0.25, 0.3) is 0 Å². The van der Waals surface area contributed by atoms with Gasteiger partial charge < -0.3 is 0 Å². The summed E-state index contributed by atoms with van der Waals surface area (Å²) < 4.78 is 0. The average molecular weight is 294 g/mol. The predicted octanol–water partition coefficient (Wildman–Crippen LogP) is 4.60. The predicted molar refractivity (Wildman–Crippen MR) is 70.6 cm³/mol. The Morgan fingerprint density at radius 1 is 1.43 bits per heavy atom. The zero-order valence-electron chi connectivity index (χ0n) is 8.17. The molecule has 0 N–H and O–H groups in total. The van der Waals surface area contributed by atoms with Crippen LogP contribution in [0.5, 0.6) is 0 Å². The van der Waals surface area contributed by atoms with Crippen LogP contribution in [-0.4, -0.2) is 11.1 Å². The number of benzene rings is 1. The van der Waals surface area contributed by atoms with E-state index in [1.165, 1.54) is 11.3 Å². The minimum Gasteiger partial charge on any atom is -0.157 e. The minimum atomic E-state index is 0.725. The summed E-state index contributed by atoms with van der Waals surface area (Å²) in [6.45, 7) is 2.24. The Morgan fingerprint density at radius 2 is 2.14 bits per heavy atom. The molecule has 0 bridgehead atoms. The Balaban J connectivity index is 2.35. The smallest absolute Gasteiger partial charge is 0.0446 e. The van der Waals surface area contributed by atoms with Gasteiger partial charge in [0.15, 0.2) is 0 Å². The first-order valence-electron chi connectivity index (χ1n) is 4.61. The van der Waals surface area contributed by atoms with Gasteiger partial charge in [0.1, 0.15) is 0 Å². The van der Waals surface area contributed by atoms with Crippen molar-refractivity contribution in [1.29, 1.82) is 0 Å². The molecule has 0 saturated carbocycles. The van der Waals surface area contributed by atoms with Gasteiger partial charge in [0, 0.05) is 16.1 Å². The summed E-state index contributed by atoms with van der Waals surface area (Å²) in [6, 6.07) is 8.05. The van der Waals surface area contributed by atoms with Crippen LogP contribution in [0.3, 0.4) is 0 Å². The Morgan fingerprint density at radius 3 is 2.79 bits per heavy atom. The molecule has 0 radical (unpaired) electrons. The van der Waals surface area contributed by atoms with E-state index in [-0.39, 0.29) is 0 Å². The first-order chi connectivity index (χ1) is 6.74. The minimum absolute atomic E-state index is 0.725. The van der Waals surface area contributed by atoms with E-state index >= 15 is 0 Å². The van der Waals surface area contributed by atoms with Crippen molar-refractivity contribution < 1.29 is 0 Å². The summed E-state index contributed by atoms with van der Waals surface area (Å²) in [5, 5.41) is 1.95. The van der Waals surface area contributed by atoms with Crippen molar-refractivity contribution in [3.05, 3.63) is 34.9 Å². The second-order valence-corrected chi connectivity index (χ2v) is 5.45. The molecule has 0 aliphatic rings. The third-order valence-corrected chi connectivity index (χ3v) is 4.68. The van der Waals surface area contributed by atoms with E-state index in [9.17, 15) is 0 Å². The maximum Gasteiger partial charge on any atom is 0.0446 e. The van der Waals surface area contributed by atoms with Crippen molar-refractivity contribution in [1.82, 2.24) is 0 Å². The van der Waals surface area contributed by atoms with Gasteiger partial charge in [0.25, 0.3) is 0 Å². The van der Waals surface area contributed by atoms with Crippen molar-refractivity contribution in [3.8, 4) is 0 Å². The number of rotatable bonds is 5. The molecular weight excluding hydrogens is 280 g/mol. The molecule has 0 aromatic heterocycles. The molecule has 1 aromatic rings. The van der Waals surface area contributed by atoms with Crippen molar-refractivity contribution in [3.63, 3.8) is 0 Å². The van der Waals surface area contributed by atoms with Gasteiger partial charge in [-0.15, -0.1) is 0 Å². The fourth-order valence-electron chi connectivity index (χ4n) is 1.03. The van der Waals surface area contributed by atoms with Crippen LogP contribution in [-0.2, 0) is 5.75 Å². The molecule has 0 aliphatic carbocycles. The number of thioether (sulfide) groups is 1. The van der Waals surface area contributed by atoms with E-state index in [0.717, 1.165) is 22.0 Å². The second kappa shape index (κ2) is 6.76. The molecule has 0 aliphatic heterocycles. The maximum atomic E-state index is 6.05. The molecule has 0 amide bonds. The van der Waals surface area contributed by atoms with Gasteiger partial charge in [-0.3, -0.25) is 0 Å². The second-order valence-electron chi connectivity index (χ2n) is 3.37. The third kappa shape index (κ3) is 4.24. The molecule has 78 valence electrons. The lowest BCUT2D eigenvalue weighted by Gasteiger charge is -2.07. The molecule has 1 unspecified atom stereocenters. The maximum absolute atomic E-state index is 6.05. The summed E-state index contributed by atoms with van der Waals surface area (Å²) >= 11 is 11.5. The number of halogens is 2. The molecule has 1 rings (SSSR count). The monoisotopic (exact) mass is 292 g/mol. The Labute approximate surface area is 104 Å². The molecule has 1 atom stereocenters. The molecule has 0 nitrogen and oxygen atoms in total. The van der Waals surface area contributed by atoms with Crippen LogP contribution in [0.2, 0.25) is 5.02 Å². The van der Waals surface area contributed by atoms with Crippen molar-refractivity contribution in [2.75, 3.05) is 11.1 Å². The van der Waals surface area contributed by atoms with Crippen LogP contribution in [0.1, 0.15) is 12.5 Å². The summed E-state index contributed by atoms with van der Waals surface area (Å²) in [7, 11) is 0. The topological polar surface area (TPSA) is 0 Å². The van der Waals surface area contributed by atoms with Gasteiger partial charge in [-0.25, -0.2) is 0 Å². The molecule has 3 heteroatoms. The summed E-state index contributed by atoms with van der Waals surface area (Å²) in [4.78, 5) is 0. The van der Waals surface area contributed by atoms with E-state index in [2.05, 4.69) is 28.9 Å². The van der Waals surface area contributed by atoms with Crippen LogP contribution in [0.15, 0.2) is 24.3 Å². The molecular formula is C11H14BrClS. The number of hydrogen-bond acceptors (Lipinski definition) is 1. The molecule has 0 saturated heterocycles. The van der Waals surface area contributed by atoms with Crippen LogP contribution in [0.4, 0.5) is 0 Å². The fraction of sp³-hybridized carbons (Fsp3) is 0.455. The van der Waals surface area contributed by atoms with Gasteiger partial charge in [0.2, 0.25) is 0 Å².